The van der Waals surface area contributed by atoms with E-state index in [1.807, 2.05) is 6.08 Å². The summed E-state index contributed by atoms with van der Waals surface area (Å²) in [5.41, 5.74) is -0.378. The molecule has 6 heteroatoms. The third-order valence-electron chi connectivity index (χ3n) is 4.15. The Balaban J connectivity index is 2.03. The van der Waals surface area contributed by atoms with Gasteiger partial charge in [0.25, 0.3) is 0 Å². The first kappa shape index (κ1) is 17.2. The van der Waals surface area contributed by atoms with Gasteiger partial charge in [0.2, 0.25) is 0 Å². The first-order valence-corrected chi connectivity index (χ1v) is 7.64. The van der Waals surface area contributed by atoms with Crippen LogP contribution in [0.25, 0.3) is 0 Å². The van der Waals surface area contributed by atoms with E-state index in [4.69, 9.17) is 14.2 Å². The van der Waals surface area contributed by atoms with E-state index >= 15 is 0 Å². The monoisotopic (exact) mass is 316 g/mol. The quantitative estimate of drug-likeness (QED) is 0.571. The molecule has 1 spiro atoms. The summed E-state index contributed by atoms with van der Waals surface area (Å²) in [5.74, 6) is -0.927. The zero-order chi connectivity index (χ0) is 16.8. The zero-order valence-electron chi connectivity index (χ0n) is 13.2. The van der Waals surface area contributed by atoms with Crippen LogP contribution >= 0.6 is 0 Å². The van der Waals surface area contributed by atoms with Gasteiger partial charge in [-0.2, -0.15) is 10.5 Å². The highest BCUT2D eigenvalue weighted by atomic mass is 16.7. The summed E-state index contributed by atoms with van der Waals surface area (Å²) in [6.07, 6.45) is 7.34. The van der Waals surface area contributed by atoms with Crippen molar-refractivity contribution in [3.8, 4) is 12.1 Å². The summed E-state index contributed by atoms with van der Waals surface area (Å²) in [4.78, 5) is 10.7. The Labute approximate surface area is 135 Å². The SMILES string of the molecule is CC(=O)OCC=CCC(C#N)(C#N)C1=CCC2(CC1)OCCO2. The van der Waals surface area contributed by atoms with Crippen LogP contribution < -0.4 is 0 Å². The van der Waals surface area contributed by atoms with Gasteiger partial charge < -0.3 is 14.2 Å². The molecule has 1 saturated heterocycles. The molecule has 1 fully saturated rings. The molecule has 2 aliphatic rings. The molecular weight excluding hydrogens is 296 g/mol. The van der Waals surface area contributed by atoms with E-state index in [2.05, 4.69) is 12.1 Å². The second kappa shape index (κ2) is 7.41. The molecule has 2 rings (SSSR count). The van der Waals surface area contributed by atoms with Gasteiger partial charge in [-0.3, -0.25) is 4.79 Å². The van der Waals surface area contributed by atoms with Crippen LogP contribution in [0.3, 0.4) is 0 Å². The van der Waals surface area contributed by atoms with Crippen molar-refractivity contribution in [1.29, 1.82) is 10.5 Å². The molecule has 0 N–H and O–H groups in total. The van der Waals surface area contributed by atoms with E-state index < -0.39 is 11.2 Å². The molecule has 1 aliphatic heterocycles. The smallest absolute Gasteiger partial charge is 0.302 e. The zero-order valence-corrected chi connectivity index (χ0v) is 13.2. The van der Waals surface area contributed by atoms with E-state index in [1.54, 1.807) is 12.2 Å². The average molecular weight is 316 g/mol. The Kier molecular flexibility index (Phi) is 5.54. The number of hydrogen-bond donors (Lipinski definition) is 0. The van der Waals surface area contributed by atoms with Crippen molar-refractivity contribution < 1.29 is 19.0 Å². The first-order chi connectivity index (χ1) is 11.1. The number of rotatable bonds is 5. The fourth-order valence-electron chi connectivity index (χ4n) is 2.84. The fourth-order valence-corrected chi connectivity index (χ4v) is 2.84. The molecule has 0 bridgehead atoms. The lowest BCUT2D eigenvalue weighted by Crippen LogP contribution is -2.34. The van der Waals surface area contributed by atoms with Crippen LogP contribution in [-0.4, -0.2) is 31.6 Å². The average Bonchev–Trinajstić information content (AvgIpc) is 3.00. The molecule has 0 atom stereocenters. The second-order valence-electron chi connectivity index (χ2n) is 5.65. The number of ether oxygens (including phenoxy) is 3. The largest absolute Gasteiger partial charge is 0.462 e. The van der Waals surface area contributed by atoms with Crippen molar-refractivity contribution in [1.82, 2.24) is 0 Å². The normalized spacial score (nSPS) is 20.0. The number of hydrogen-bond acceptors (Lipinski definition) is 6. The number of esters is 1. The second-order valence-corrected chi connectivity index (χ2v) is 5.65. The van der Waals surface area contributed by atoms with Crippen LogP contribution in [-0.2, 0) is 19.0 Å². The Morgan fingerprint density at radius 2 is 2.09 bits per heavy atom. The standard InChI is InChI=1S/C17H20N2O4/c1-14(20)21-9-3-2-6-16(12-18,13-19)15-4-7-17(8-5-15)22-10-11-23-17/h2-4H,5-11H2,1H3. The minimum atomic E-state index is -1.19. The molecule has 1 heterocycles. The molecule has 0 amide bonds. The first-order valence-electron chi connectivity index (χ1n) is 7.64. The summed E-state index contributed by atoms with van der Waals surface area (Å²) in [6.45, 7) is 2.65. The number of carbonyl (C=O) groups excluding carboxylic acids is 1. The summed E-state index contributed by atoms with van der Waals surface area (Å²) in [5, 5.41) is 19.1. The Hall–Kier alpha value is -2.15. The number of allylic oxidation sites excluding steroid dienone is 2. The Bertz CT molecular complexity index is 575. The maximum Gasteiger partial charge on any atom is 0.302 e. The lowest BCUT2D eigenvalue weighted by Gasteiger charge is -2.33. The summed E-state index contributed by atoms with van der Waals surface area (Å²) in [6, 6.07) is 4.29. The van der Waals surface area contributed by atoms with Gasteiger partial charge in [-0.05, 0) is 12.0 Å². The van der Waals surface area contributed by atoms with Gasteiger partial charge in [-0.1, -0.05) is 18.2 Å². The Morgan fingerprint density at radius 1 is 1.39 bits per heavy atom. The van der Waals surface area contributed by atoms with Gasteiger partial charge in [0.1, 0.15) is 6.61 Å². The van der Waals surface area contributed by atoms with E-state index in [0.29, 0.717) is 32.5 Å². The van der Waals surface area contributed by atoms with Crippen LogP contribution in [0.4, 0.5) is 0 Å². The highest BCUT2D eigenvalue weighted by molar-refractivity contribution is 5.65. The van der Waals surface area contributed by atoms with Crippen LogP contribution in [0.1, 0.15) is 32.6 Å². The van der Waals surface area contributed by atoms with Crippen LogP contribution in [0, 0.1) is 28.1 Å². The van der Waals surface area contributed by atoms with Gasteiger partial charge in [0.15, 0.2) is 11.2 Å². The number of nitriles is 2. The maximum atomic E-state index is 10.7. The van der Waals surface area contributed by atoms with Crippen molar-refractivity contribution in [2.45, 2.75) is 38.4 Å². The number of carbonyl (C=O) groups is 1. The third-order valence-corrected chi connectivity index (χ3v) is 4.15. The molecule has 1 aliphatic carbocycles. The molecule has 0 aromatic carbocycles. The highest BCUT2D eigenvalue weighted by Gasteiger charge is 2.42. The lowest BCUT2D eigenvalue weighted by atomic mass is 9.74. The fraction of sp³-hybridized carbons (Fsp3) is 0.588. The maximum absolute atomic E-state index is 10.7. The van der Waals surface area contributed by atoms with Crippen LogP contribution in [0.2, 0.25) is 0 Å². The molecule has 122 valence electrons. The van der Waals surface area contributed by atoms with Crippen molar-refractivity contribution >= 4 is 5.97 Å². The van der Waals surface area contributed by atoms with Crippen molar-refractivity contribution in [2.75, 3.05) is 19.8 Å². The van der Waals surface area contributed by atoms with Crippen molar-refractivity contribution in [3.63, 3.8) is 0 Å². The molecule has 0 saturated carbocycles. The van der Waals surface area contributed by atoms with Gasteiger partial charge in [0, 0.05) is 26.2 Å². The lowest BCUT2D eigenvalue weighted by molar-refractivity contribution is -0.161. The van der Waals surface area contributed by atoms with Crippen LogP contribution in [0.15, 0.2) is 23.8 Å². The van der Waals surface area contributed by atoms with Gasteiger partial charge >= 0.3 is 5.97 Å². The Morgan fingerprint density at radius 3 is 2.61 bits per heavy atom. The van der Waals surface area contributed by atoms with Gasteiger partial charge in [-0.25, -0.2) is 0 Å². The van der Waals surface area contributed by atoms with Gasteiger partial charge in [-0.15, -0.1) is 0 Å². The topological polar surface area (TPSA) is 92.3 Å². The molecule has 23 heavy (non-hydrogen) atoms. The van der Waals surface area contributed by atoms with E-state index in [9.17, 15) is 15.3 Å². The van der Waals surface area contributed by atoms with Crippen molar-refractivity contribution in [3.05, 3.63) is 23.8 Å². The predicted octanol–water partition coefficient (Wildman–Crippen LogP) is 2.38. The minimum Gasteiger partial charge on any atom is -0.462 e. The number of nitrogens with zero attached hydrogens (tertiary/aromatic N) is 2. The molecule has 6 nitrogen and oxygen atoms in total. The summed E-state index contributed by atoms with van der Waals surface area (Å²) < 4.78 is 16.1. The summed E-state index contributed by atoms with van der Waals surface area (Å²) >= 11 is 0. The summed E-state index contributed by atoms with van der Waals surface area (Å²) in [7, 11) is 0. The predicted molar refractivity (Wildman–Crippen MR) is 80.6 cm³/mol. The molecule has 0 radical (unpaired) electrons. The van der Waals surface area contributed by atoms with E-state index in [1.165, 1.54) is 6.92 Å². The minimum absolute atomic E-state index is 0.145. The molecular formula is C17H20N2O4. The van der Waals surface area contributed by atoms with E-state index in [-0.39, 0.29) is 19.0 Å². The molecule has 0 aromatic heterocycles. The molecule has 0 unspecified atom stereocenters. The van der Waals surface area contributed by atoms with Crippen LogP contribution in [0.5, 0.6) is 0 Å². The van der Waals surface area contributed by atoms with Crippen molar-refractivity contribution in [2.24, 2.45) is 5.41 Å². The highest BCUT2D eigenvalue weighted by Crippen LogP contribution is 2.42. The molecule has 0 aromatic rings. The van der Waals surface area contributed by atoms with Gasteiger partial charge in [0.05, 0.1) is 25.4 Å². The third kappa shape index (κ3) is 3.98. The van der Waals surface area contributed by atoms with E-state index in [0.717, 1.165) is 5.57 Å².